The SMILES string of the molecule is Cc1cc(-c2nnc(-c3ccc(CC(C)C)s3)o2)cc(C)c1OC[C@@H](O)CO. The van der Waals surface area contributed by atoms with Crippen LogP contribution in [0.2, 0.25) is 0 Å². The van der Waals surface area contributed by atoms with Gasteiger partial charge in [-0.05, 0) is 61.6 Å². The highest BCUT2D eigenvalue weighted by Crippen LogP contribution is 2.33. The first-order chi connectivity index (χ1) is 13.4. The smallest absolute Gasteiger partial charge is 0.258 e. The summed E-state index contributed by atoms with van der Waals surface area (Å²) < 4.78 is 11.6. The van der Waals surface area contributed by atoms with Crippen molar-refractivity contribution < 1.29 is 19.4 Å². The van der Waals surface area contributed by atoms with E-state index in [2.05, 4.69) is 30.1 Å². The van der Waals surface area contributed by atoms with E-state index in [1.807, 2.05) is 32.0 Å². The van der Waals surface area contributed by atoms with E-state index >= 15 is 0 Å². The summed E-state index contributed by atoms with van der Waals surface area (Å²) in [7, 11) is 0. The number of thiophene rings is 1. The molecule has 0 aliphatic heterocycles. The van der Waals surface area contributed by atoms with Crippen molar-refractivity contribution in [2.24, 2.45) is 5.92 Å². The zero-order chi connectivity index (χ0) is 20.3. The van der Waals surface area contributed by atoms with E-state index in [1.54, 1.807) is 11.3 Å². The Labute approximate surface area is 168 Å². The Bertz CT molecular complexity index is 909. The van der Waals surface area contributed by atoms with Crippen LogP contribution < -0.4 is 4.74 Å². The molecular formula is C21H26N2O4S. The number of aryl methyl sites for hydroxylation is 2. The molecule has 0 saturated carbocycles. The number of aliphatic hydroxyl groups excluding tert-OH is 2. The zero-order valence-electron chi connectivity index (χ0n) is 16.6. The lowest BCUT2D eigenvalue weighted by Gasteiger charge is -2.15. The number of hydrogen-bond acceptors (Lipinski definition) is 7. The van der Waals surface area contributed by atoms with Gasteiger partial charge in [-0.2, -0.15) is 0 Å². The first-order valence-corrected chi connectivity index (χ1v) is 10.1. The molecule has 0 bridgehead atoms. The molecule has 3 rings (SSSR count). The largest absolute Gasteiger partial charge is 0.490 e. The summed E-state index contributed by atoms with van der Waals surface area (Å²) in [4.78, 5) is 2.28. The first-order valence-electron chi connectivity index (χ1n) is 9.33. The second-order valence-corrected chi connectivity index (χ2v) is 8.53. The van der Waals surface area contributed by atoms with Gasteiger partial charge in [-0.3, -0.25) is 0 Å². The summed E-state index contributed by atoms with van der Waals surface area (Å²) in [5, 5.41) is 26.8. The van der Waals surface area contributed by atoms with Gasteiger partial charge in [0.2, 0.25) is 5.89 Å². The molecule has 0 fully saturated rings. The molecule has 2 heterocycles. The van der Waals surface area contributed by atoms with E-state index in [1.165, 1.54) is 4.88 Å². The highest BCUT2D eigenvalue weighted by molar-refractivity contribution is 7.15. The number of hydrogen-bond donors (Lipinski definition) is 2. The molecule has 0 saturated heterocycles. The van der Waals surface area contributed by atoms with Gasteiger partial charge in [-0.1, -0.05) is 13.8 Å². The molecule has 2 N–H and O–H groups in total. The van der Waals surface area contributed by atoms with Crippen molar-refractivity contribution in [2.45, 2.75) is 40.2 Å². The summed E-state index contributed by atoms with van der Waals surface area (Å²) in [6.07, 6.45) is 0.139. The van der Waals surface area contributed by atoms with Crippen LogP contribution in [-0.2, 0) is 6.42 Å². The first kappa shape index (κ1) is 20.5. The maximum atomic E-state index is 9.49. The molecule has 0 aliphatic rings. The monoisotopic (exact) mass is 402 g/mol. The second kappa shape index (κ2) is 8.86. The molecule has 7 heteroatoms. The summed E-state index contributed by atoms with van der Waals surface area (Å²) in [6, 6.07) is 7.98. The van der Waals surface area contributed by atoms with Crippen molar-refractivity contribution in [3.8, 4) is 28.0 Å². The van der Waals surface area contributed by atoms with Crippen LogP contribution in [0.15, 0.2) is 28.7 Å². The average molecular weight is 403 g/mol. The van der Waals surface area contributed by atoms with Crippen LogP contribution >= 0.6 is 11.3 Å². The van der Waals surface area contributed by atoms with E-state index in [0.717, 1.165) is 28.0 Å². The van der Waals surface area contributed by atoms with Gasteiger partial charge in [0.25, 0.3) is 5.89 Å². The molecule has 1 atom stereocenters. The van der Waals surface area contributed by atoms with Crippen LogP contribution in [0.3, 0.4) is 0 Å². The Morgan fingerprint density at radius 1 is 1.11 bits per heavy atom. The number of benzene rings is 1. The van der Waals surface area contributed by atoms with Crippen molar-refractivity contribution in [2.75, 3.05) is 13.2 Å². The van der Waals surface area contributed by atoms with Crippen molar-refractivity contribution in [1.29, 1.82) is 0 Å². The van der Waals surface area contributed by atoms with Gasteiger partial charge in [0, 0.05) is 10.4 Å². The average Bonchev–Trinajstić information content (AvgIpc) is 3.29. The van der Waals surface area contributed by atoms with Gasteiger partial charge >= 0.3 is 0 Å². The van der Waals surface area contributed by atoms with Crippen molar-refractivity contribution in [3.05, 3.63) is 40.3 Å². The van der Waals surface area contributed by atoms with Crippen LogP contribution in [0.25, 0.3) is 22.2 Å². The lowest BCUT2D eigenvalue weighted by molar-refractivity contribution is 0.0532. The summed E-state index contributed by atoms with van der Waals surface area (Å²) >= 11 is 1.68. The maximum absolute atomic E-state index is 9.49. The van der Waals surface area contributed by atoms with Gasteiger partial charge in [0.1, 0.15) is 18.5 Å². The topological polar surface area (TPSA) is 88.6 Å². The third-order valence-corrected chi connectivity index (χ3v) is 5.34. The Morgan fingerprint density at radius 2 is 1.79 bits per heavy atom. The highest BCUT2D eigenvalue weighted by atomic mass is 32.1. The molecule has 0 aliphatic carbocycles. The van der Waals surface area contributed by atoms with Crippen LogP contribution in [0.1, 0.15) is 29.9 Å². The standard InChI is InChI=1S/C21H26N2O4S/c1-12(2)7-17-5-6-18(28-17)21-23-22-20(27-21)15-8-13(3)19(14(4)9-15)26-11-16(25)10-24/h5-6,8-9,12,16,24-25H,7,10-11H2,1-4H3/t16-/m0/s1. The molecule has 3 aromatic rings. The fourth-order valence-corrected chi connectivity index (χ4v) is 4.12. The van der Waals surface area contributed by atoms with Crippen molar-refractivity contribution in [3.63, 3.8) is 0 Å². The molecule has 0 radical (unpaired) electrons. The fraction of sp³-hybridized carbons (Fsp3) is 0.429. The second-order valence-electron chi connectivity index (χ2n) is 7.36. The zero-order valence-corrected chi connectivity index (χ0v) is 17.4. The Balaban J connectivity index is 1.80. The third-order valence-electron chi connectivity index (χ3n) is 4.24. The van der Waals surface area contributed by atoms with Crippen LogP contribution in [0.5, 0.6) is 5.75 Å². The molecule has 28 heavy (non-hydrogen) atoms. The normalized spacial score (nSPS) is 12.5. The maximum Gasteiger partial charge on any atom is 0.258 e. The quantitative estimate of drug-likeness (QED) is 0.592. The van der Waals surface area contributed by atoms with Crippen LogP contribution in [-0.4, -0.2) is 39.7 Å². The van der Waals surface area contributed by atoms with Gasteiger partial charge in [0.15, 0.2) is 0 Å². The molecule has 2 aromatic heterocycles. The minimum absolute atomic E-state index is 0.0410. The van der Waals surface area contributed by atoms with E-state index < -0.39 is 6.10 Å². The highest BCUT2D eigenvalue weighted by Gasteiger charge is 2.16. The van der Waals surface area contributed by atoms with Crippen molar-refractivity contribution in [1.82, 2.24) is 10.2 Å². The predicted octanol–water partition coefficient (Wildman–Crippen LogP) is 4.01. The van der Waals surface area contributed by atoms with E-state index in [0.29, 0.717) is 23.4 Å². The Morgan fingerprint density at radius 3 is 2.43 bits per heavy atom. The Hall–Kier alpha value is -2.22. The van der Waals surface area contributed by atoms with Crippen LogP contribution in [0, 0.1) is 19.8 Å². The van der Waals surface area contributed by atoms with E-state index in [4.69, 9.17) is 14.3 Å². The predicted molar refractivity (Wildman–Crippen MR) is 110 cm³/mol. The lowest BCUT2D eigenvalue weighted by Crippen LogP contribution is -2.21. The van der Waals surface area contributed by atoms with Crippen molar-refractivity contribution >= 4 is 11.3 Å². The molecule has 0 spiro atoms. The summed E-state index contributed by atoms with van der Waals surface area (Å²) in [5.74, 6) is 2.28. The van der Waals surface area contributed by atoms with Gasteiger partial charge in [-0.15, -0.1) is 21.5 Å². The minimum Gasteiger partial charge on any atom is -0.490 e. The third kappa shape index (κ3) is 4.79. The molecule has 0 unspecified atom stereocenters. The molecule has 6 nitrogen and oxygen atoms in total. The summed E-state index contributed by atoms with van der Waals surface area (Å²) in [6.45, 7) is 7.96. The molecule has 1 aromatic carbocycles. The summed E-state index contributed by atoms with van der Waals surface area (Å²) in [5.41, 5.74) is 2.62. The minimum atomic E-state index is -0.900. The molecular weight excluding hydrogens is 376 g/mol. The number of aromatic nitrogens is 2. The number of nitrogens with zero attached hydrogens (tertiary/aromatic N) is 2. The van der Waals surface area contributed by atoms with Crippen LogP contribution in [0.4, 0.5) is 0 Å². The van der Waals surface area contributed by atoms with Gasteiger partial charge in [-0.25, -0.2) is 0 Å². The molecule has 150 valence electrons. The van der Waals surface area contributed by atoms with E-state index in [9.17, 15) is 5.11 Å². The van der Waals surface area contributed by atoms with E-state index in [-0.39, 0.29) is 13.2 Å². The fourth-order valence-electron chi connectivity index (χ4n) is 2.98. The lowest BCUT2D eigenvalue weighted by atomic mass is 10.1. The number of rotatable bonds is 8. The number of ether oxygens (including phenoxy) is 1. The Kier molecular flexibility index (Phi) is 6.49. The van der Waals surface area contributed by atoms with Gasteiger partial charge in [0.05, 0.1) is 11.5 Å². The number of aliphatic hydroxyl groups is 2. The molecule has 0 amide bonds. The van der Waals surface area contributed by atoms with Gasteiger partial charge < -0.3 is 19.4 Å².